The van der Waals surface area contributed by atoms with Crippen LogP contribution in [0.2, 0.25) is 0 Å². The third-order valence-electron chi connectivity index (χ3n) is 1.15. The van der Waals surface area contributed by atoms with Gasteiger partial charge in [0, 0.05) is 5.69 Å². The zero-order valence-electron chi connectivity index (χ0n) is 5.54. The van der Waals surface area contributed by atoms with Gasteiger partial charge >= 0.3 is 29.6 Å². The molecule has 1 rings (SSSR count). The molecule has 1 N–H and O–H groups in total. The average Bonchev–Trinajstić information content (AvgIpc) is 2.03. The first-order valence-corrected chi connectivity index (χ1v) is 3.09. The van der Waals surface area contributed by atoms with Crippen LogP contribution < -0.4 is 5.32 Å². The topological polar surface area (TPSA) is 35.8 Å². The van der Waals surface area contributed by atoms with E-state index < -0.39 is 0 Å². The average molecular weight is 156 g/mol. The van der Waals surface area contributed by atoms with Gasteiger partial charge in [-0.3, -0.25) is 0 Å². The molecule has 1 aromatic carbocycles. The summed E-state index contributed by atoms with van der Waals surface area (Å²) in [6.07, 6.45) is 0. The Morgan fingerprint density at radius 2 is 1.91 bits per heavy atom. The van der Waals surface area contributed by atoms with Gasteiger partial charge in [0.1, 0.15) is 6.54 Å². The molecule has 0 amide bonds. The van der Waals surface area contributed by atoms with E-state index in [1.54, 1.807) is 0 Å². The van der Waals surface area contributed by atoms with Crippen molar-refractivity contribution in [3.05, 3.63) is 30.3 Å². The number of hydrogen-bond acceptors (Lipinski definition) is 2. The number of rotatable bonds is 2. The molecule has 0 aliphatic rings. The van der Waals surface area contributed by atoms with Crippen LogP contribution in [0.1, 0.15) is 0 Å². The fourth-order valence-corrected chi connectivity index (χ4v) is 0.698. The molecular formula is C8H9N2Na. The molecule has 0 fully saturated rings. The van der Waals surface area contributed by atoms with Crippen molar-refractivity contribution in [2.75, 3.05) is 11.9 Å². The van der Waals surface area contributed by atoms with Crippen molar-refractivity contribution in [2.24, 2.45) is 0 Å². The van der Waals surface area contributed by atoms with Crippen molar-refractivity contribution in [3.63, 3.8) is 0 Å². The summed E-state index contributed by atoms with van der Waals surface area (Å²) in [5.74, 6) is 0. The Morgan fingerprint density at radius 3 is 2.45 bits per heavy atom. The van der Waals surface area contributed by atoms with Crippen molar-refractivity contribution in [1.29, 1.82) is 5.26 Å². The van der Waals surface area contributed by atoms with Gasteiger partial charge < -0.3 is 5.32 Å². The third kappa shape index (κ3) is 4.05. The van der Waals surface area contributed by atoms with Crippen LogP contribution in [0.5, 0.6) is 0 Å². The molecule has 1 aromatic rings. The van der Waals surface area contributed by atoms with Gasteiger partial charge in [-0.25, -0.2) is 0 Å². The molecule has 0 saturated carbocycles. The molecule has 3 heteroatoms. The van der Waals surface area contributed by atoms with Gasteiger partial charge in [-0.1, -0.05) is 18.2 Å². The van der Waals surface area contributed by atoms with Gasteiger partial charge in [-0.15, -0.1) is 0 Å². The van der Waals surface area contributed by atoms with Gasteiger partial charge in [-0.05, 0) is 12.1 Å². The summed E-state index contributed by atoms with van der Waals surface area (Å²) in [4.78, 5) is 0. The van der Waals surface area contributed by atoms with Crippen molar-refractivity contribution in [1.82, 2.24) is 0 Å². The Balaban J connectivity index is 0.000001000. The molecule has 2 nitrogen and oxygen atoms in total. The van der Waals surface area contributed by atoms with E-state index in [0.717, 1.165) is 5.69 Å². The summed E-state index contributed by atoms with van der Waals surface area (Å²) in [7, 11) is 0. The molecule has 0 aliphatic carbocycles. The molecule has 0 heterocycles. The Kier molecular flexibility index (Phi) is 5.96. The second kappa shape index (κ2) is 6.23. The van der Waals surface area contributed by atoms with Crippen LogP contribution in [0.3, 0.4) is 0 Å². The molecule has 0 aliphatic heterocycles. The summed E-state index contributed by atoms with van der Waals surface area (Å²) in [5.41, 5.74) is 0.990. The van der Waals surface area contributed by atoms with E-state index in [4.69, 9.17) is 5.26 Å². The summed E-state index contributed by atoms with van der Waals surface area (Å²) < 4.78 is 0. The predicted octanol–water partition coefficient (Wildman–Crippen LogP) is 0.974. The number of benzene rings is 1. The van der Waals surface area contributed by atoms with Crippen molar-refractivity contribution in [2.45, 2.75) is 0 Å². The van der Waals surface area contributed by atoms with Gasteiger partial charge in [0.05, 0.1) is 6.07 Å². The molecule has 0 unspecified atom stereocenters. The van der Waals surface area contributed by atoms with E-state index in [0.29, 0.717) is 6.54 Å². The normalized spacial score (nSPS) is 7.55. The van der Waals surface area contributed by atoms with Crippen LogP contribution in [0.4, 0.5) is 5.69 Å². The van der Waals surface area contributed by atoms with Crippen LogP contribution in [0, 0.1) is 11.3 Å². The van der Waals surface area contributed by atoms with Gasteiger partial charge in [-0.2, -0.15) is 5.26 Å². The first kappa shape index (κ1) is 10.5. The van der Waals surface area contributed by atoms with Crippen molar-refractivity contribution >= 4 is 35.2 Å². The Hall–Kier alpha value is -0.490. The van der Waals surface area contributed by atoms with E-state index in [1.165, 1.54) is 0 Å². The predicted molar refractivity (Wildman–Crippen MR) is 47.7 cm³/mol. The second-order valence-corrected chi connectivity index (χ2v) is 1.88. The Morgan fingerprint density at radius 1 is 1.27 bits per heavy atom. The number of para-hydroxylation sites is 1. The van der Waals surface area contributed by atoms with Crippen LogP contribution in [-0.4, -0.2) is 36.1 Å². The number of nitriles is 1. The van der Waals surface area contributed by atoms with Gasteiger partial charge in [0.15, 0.2) is 0 Å². The second-order valence-electron chi connectivity index (χ2n) is 1.88. The molecule has 0 spiro atoms. The fraction of sp³-hybridized carbons (Fsp3) is 0.125. The third-order valence-corrected chi connectivity index (χ3v) is 1.15. The maximum absolute atomic E-state index is 8.22. The van der Waals surface area contributed by atoms with Crippen LogP contribution in [0.15, 0.2) is 30.3 Å². The minimum absolute atomic E-state index is 0. The minimum atomic E-state index is 0. The van der Waals surface area contributed by atoms with Crippen LogP contribution >= 0.6 is 0 Å². The molecule has 52 valence electrons. The van der Waals surface area contributed by atoms with E-state index >= 15 is 0 Å². The quantitative estimate of drug-likeness (QED) is 0.511. The SMILES string of the molecule is N#CCNc1ccccc1.[NaH]. The van der Waals surface area contributed by atoms with Crippen LogP contribution in [-0.2, 0) is 0 Å². The molecule has 0 bridgehead atoms. The standard InChI is InChI=1S/C8H8N2.Na.H/c9-6-7-10-8-4-2-1-3-5-8;;/h1-5,10H,7H2;;. The zero-order valence-corrected chi connectivity index (χ0v) is 5.54. The molecule has 0 atom stereocenters. The monoisotopic (exact) mass is 156 g/mol. The first-order valence-electron chi connectivity index (χ1n) is 3.09. The summed E-state index contributed by atoms with van der Waals surface area (Å²) in [6, 6.07) is 11.7. The van der Waals surface area contributed by atoms with Crippen molar-refractivity contribution < 1.29 is 0 Å². The molecule has 0 radical (unpaired) electrons. The zero-order chi connectivity index (χ0) is 7.23. The number of nitrogens with zero attached hydrogens (tertiary/aromatic N) is 1. The Bertz CT molecular complexity index is 228. The van der Waals surface area contributed by atoms with Crippen LogP contribution in [0.25, 0.3) is 0 Å². The van der Waals surface area contributed by atoms with E-state index in [1.807, 2.05) is 36.4 Å². The Labute approximate surface area is 88.5 Å². The van der Waals surface area contributed by atoms with E-state index in [2.05, 4.69) is 5.32 Å². The van der Waals surface area contributed by atoms with E-state index in [-0.39, 0.29) is 29.6 Å². The van der Waals surface area contributed by atoms with Gasteiger partial charge in [0.2, 0.25) is 0 Å². The summed E-state index contributed by atoms with van der Waals surface area (Å²) in [6.45, 7) is 0.365. The molecule has 0 saturated heterocycles. The number of hydrogen-bond donors (Lipinski definition) is 1. The fourth-order valence-electron chi connectivity index (χ4n) is 0.698. The van der Waals surface area contributed by atoms with E-state index in [9.17, 15) is 0 Å². The summed E-state index contributed by atoms with van der Waals surface area (Å²) in [5, 5.41) is 11.1. The molecule has 0 aromatic heterocycles. The van der Waals surface area contributed by atoms with Crippen molar-refractivity contribution in [3.8, 4) is 6.07 Å². The van der Waals surface area contributed by atoms with Gasteiger partial charge in [0.25, 0.3) is 0 Å². The first-order chi connectivity index (χ1) is 4.93. The molecule has 11 heavy (non-hydrogen) atoms. The maximum atomic E-state index is 8.22. The summed E-state index contributed by atoms with van der Waals surface area (Å²) >= 11 is 0. The number of nitrogens with one attached hydrogen (secondary N) is 1. The number of anilines is 1. The molecular weight excluding hydrogens is 147 g/mol.